The molecule has 0 atom stereocenters. The van der Waals surface area contributed by atoms with E-state index in [1.165, 1.54) is 6.20 Å². The molecule has 0 N–H and O–H groups in total. The van der Waals surface area contributed by atoms with Gasteiger partial charge in [-0.05, 0) is 18.2 Å². The molecular weight excluding hydrogens is 302 g/mol. The van der Waals surface area contributed by atoms with Crippen molar-refractivity contribution in [3.8, 4) is 0 Å². The third-order valence-electron chi connectivity index (χ3n) is 2.18. The van der Waals surface area contributed by atoms with E-state index in [0.29, 0.717) is 5.39 Å². The average molecular weight is 309 g/mol. The van der Waals surface area contributed by atoms with Gasteiger partial charge in [0.25, 0.3) is 9.05 Å². The van der Waals surface area contributed by atoms with Crippen LogP contribution in [0.2, 0.25) is 0 Å². The first kappa shape index (κ1) is 11.0. The van der Waals surface area contributed by atoms with Gasteiger partial charge in [0.2, 0.25) is 0 Å². The third-order valence-corrected chi connectivity index (χ3v) is 4.02. The molecule has 0 saturated carbocycles. The van der Waals surface area contributed by atoms with Crippen LogP contribution in [0.1, 0.15) is 0 Å². The molecule has 0 bridgehead atoms. The summed E-state index contributed by atoms with van der Waals surface area (Å²) in [6.07, 6.45) is 1.51. The van der Waals surface area contributed by atoms with E-state index in [4.69, 9.17) is 10.7 Å². The van der Waals surface area contributed by atoms with Gasteiger partial charge in [-0.1, -0.05) is 15.9 Å². The van der Waals surface area contributed by atoms with Gasteiger partial charge in [0.05, 0.1) is 0 Å². The highest BCUT2D eigenvalue weighted by atomic mass is 79.9. The van der Waals surface area contributed by atoms with Gasteiger partial charge in [0, 0.05) is 39.3 Å². The minimum atomic E-state index is -3.69. The predicted octanol–water partition coefficient (Wildman–Crippen LogP) is 2.87. The maximum Gasteiger partial charge on any atom is 0.263 e. The van der Waals surface area contributed by atoms with Gasteiger partial charge in [0.15, 0.2) is 0 Å². The molecule has 0 aliphatic rings. The van der Waals surface area contributed by atoms with Crippen LogP contribution in [0.4, 0.5) is 0 Å². The van der Waals surface area contributed by atoms with E-state index in [2.05, 4.69) is 15.9 Å². The Labute approximate surface area is 100 Å². The molecular formula is C9H7BrClNO2S. The number of rotatable bonds is 1. The van der Waals surface area contributed by atoms with E-state index in [1.54, 1.807) is 17.7 Å². The van der Waals surface area contributed by atoms with Crippen LogP contribution in [0, 0.1) is 0 Å². The van der Waals surface area contributed by atoms with Gasteiger partial charge in [-0.2, -0.15) is 0 Å². The van der Waals surface area contributed by atoms with Gasteiger partial charge in [-0.15, -0.1) is 0 Å². The first-order valence-electron chi connectivity index (χ1n) is 4.09. The Hall–Kier alpha value is -0.520. The number of nitrogens with zero attached hydrogens (tertiary/aromatic N) is 1. The third kappa shape index (κ3) is 1.91. The molecule has 0 aliphatic heterocycles. The SMILES string of the molecule is Cn1cc(S(=O)(=O)Cl)c2cc(Br)ccc21. The number of benzene rings is 1. The molecule has 0 amide bonds. The summed E-state index contributed by atoms with van der Waals surface area (Å²) in [5.74, 6) is 0. The molecule has 0 saturated heterocycles. The second-order valence-corrected chi connectivity index (χ2v) is 6.65. The molecule has 15 heavy (non-hydrogen) atoms. The van der Waals surface area contributed by atoms with Crippen molar-refractivity contribution in [2.75, 3.05) is 0 Å². The van der Waals surface area contributed by atoms with E-state index < -0.39 is 9.05 Å². The monoisotopic (exact) mass is 307 g/mol. The minimum Gasteiger partial charge on any atom is -0.349 e. The van der Waals surface area contributed by atoms with Crippen molar-refractivity contribution in [2.45, 2.75) is 4.90 Å². The quantitative estimate of drug-likeness (QED) is 0.760. The largest absolute Gasteiger partial charge is 0.349 e. The van der Waals surface area contributed by atoms with E-state index in [-0.39, 0.29) is 4.90 Å². The van der Waals surface area contributed by atoms with Crippen LogP contribution in [0.5, 0.6) is 0 Å². The molecule has 1 aromatic heterocycles. The summed E-state index contributed by atoms with van der Waals surface area (Å²) in [6.45, 7) is 0. The number of hydrogen-bond donors (Lipinski definition) is 0. The molecule has 6 heteroatoms. The van der Waals surface area contributed by atoms with E-state index in [0.717, 1.165) is 9.99 Å². The number of fused-ring (bicyclic) bond motifs is 1. The number of aromatic nitrogens is 1. The summed E-state index contributed by atoms with van der Waals surface area (Å²) in [5.41, 5.74) is 0.831. The molecule has 0 radical (unpaired) electrons. The lowest BCUT2D eigenvalue weighted by Crippen LogP contribution is -1.88. The van der Waals surface area contributed by atoms with Gasteiger partial charge < -0.3 is 4.57 Å². The predicted molar refractivity (Wildman–Crippen MR) is 63.7 cm³/mol. The highest BCUT2D eigenvalue weighted by Gasteiger charge is 2.17. The maximum atomic E-state index is 11.3. The smallest absolute Gasteiger partial charge is 0.263 e. The molecule has 0 aliphatic carbocycles. The summed E-state index contributed by atoms with van der Waals surface area (Å²) in [5, 5.41) is 0.627. The Morgan fingerprint density at radius 1 is 1.40 bits per heavy atom. The summed E-state index contributed by atoms with van der Waals surface area (Å²) >= 11 is 3.30. The Balaban J connectivity index is 2.94. The number of halogens is 2. The fourth-order valence-corrected chi connectivity index (χ4v) is 2.96. The van der Waals surface area contributed by atoms with Gasteiger partial charge in [0.1, 0.15) is 4.90 Å². The Morgan fingerprint density at radius 3 is 2.67 bits per heavy atom. The van der Waals surface area contributed by atoms with Crippen molar-refractivity contribution in [3.05, 3.63) is 28.9 Å². The van der Waals surface area contributed by atoms with Crippen LogP contribution < -0.4 is 0 Å². The van der Waals surface area contributed by atoms with E-state index in [9.17, 15) is 8.42 Å². The Kier molecular flexibility index (Phi) is 2.56. The van der Waals surface area contributed by atoms with Crippen molar-refractivity contribution in [1.82, 2.24) is 4.57 Å². The molecule has 0 fully saturated rings. The van der Waals surface area contributed by atoms with Crippen LogP contribution in [0.3, 0.4) is 0 Å². The van der Waals surface area contributed by atoms with E-state index in [1.807, 2.05) is 12.1 Å². The van der Waals surface area contributed by atoms with Crippen LogP contribution in [0.15, 0.2) is 33.8 Å². The van der Waals surface area contributed by atoms with E-state index >= 15 is 0 Å². The van der Waals surface area contributed by atoms with Crippen LogP contribution in [-0.4, -0.2) is 13.0 Å². The standard InChI is InChI=1S/C9H7BrClNO2S/c1-12-5-9(15(11,13)14)7-4-6(10)2-3-8(7)12/h2-5H,1H3. The van der Waals surface area contributed by atoms with Gasteiger partial charge >= 0.3 is 0 Å². The first-order valence-corrected chi connectivity index (χ1v) is 7.19. The Morgan fingerprint density at radius 2 is 2.07 bits per heavy atom. The fourth-order valence-electron chi connectivity index (χ4n) is 1.52. The highest BCUT2D eigenvalue weighted by molar-refractivity contribution is 9.10. The molecule has 1 aromatic carbocycles. The molecule has 0 spiro atoms. The van der Waals surface area contributed by atoms with Crippen molar-refractivity contribution < 1.29 is 8.42 Å². The molecule has 3 nitrogen and oxygen atoms in total. The average Bonchev–Trinajstić information content (AvgIpc) is 2.42. The van der Waals surface area contributed by atoms with Crippen LogP contribution in [0.25, 0.3) is 10.9 Å². The maximum absolute atomic E-state index is 11.3. The highest BCUT2D eigenvalue weighted by Crippen LogP contribution is 2.29. The minimum absolute atomic E-state index is 0.142. The van der Waals surface area contributed by atoms with Crippen molar-refractivity contribution in [1.29, 1.82) is 0 Å². The van der Waals surface area contributed by atoms with Crippen molar-refractivity contribution >= 4 is 46.6 Å². The van der Waals surface area contributed by atoms with Crippen LogP contribution in [-0.2, 0) is 16.1 Å². The number of hydrogen-bond acceptors (Lipinski definition) is 2. The topological polar surface area (TPSA) is 39.1 Å². The molecule has 2 rings (SSSR count). The zero-order chi connectivity index (χ0) is 11.2. The zero-order valence-corrected chi connectivity index (χ0v) is 10.9. The summed E-state index contributed by atoms with van der Waals surface area (Å²) in [4.78, 5) is 0.142. The molecule has 80 valence electrons. The second kappa shape index (κ2) is 3.50. The lowest BCUT2D eigenvalue weighted by atomic mass is 10.2. The lowest BCUT2D eigenvalue weighted by molar-refractivity contribution is 0.610. The number of aryl methyl sites for hydroxylation is 1. The zero-order valence-electron chi connectivity index (χ0n) is 7.74. The summed E-state index contributed by atoms with van der Waals surface area (Å²) in [6, 6.07) is 5.43. The lowest BCUT2D eigenvalue weighted by Gasteiger charge is -1.96. The summed E-state index contributed by atoms with van der Waals surface area (Å²) < 4.78 is 25.2. The first-order chi connectivity index (χ1) is 6.89. The fraction of sp³-hybridized carbons (Fsp3) is 0.111. The van der Waals surface area contributed by atoms with Gasteiger partial charge in [-0.3, -0.25) is 0 Å². The Bertz CT molecular complexity index is 633. The van der Waals surface area contributed by atoms with Crippen molar-refractivity contribution in [3.63, 3.8) is 0 Å². The molecule has 2 aromatic rings. The molecule has 1 heterocycles. The van der Waals surface area contributed by atoms with Crippen LogP contribution >= 0.6 is 26.6 Å². The molecule has 0 unspecified atom stereocenters. The van der Waals surface area contributed by atoms with Crippen molar-refractivity contribution in [2.24, 2.45) is 7.05 Å². The summed E-state index contributed by atoms with van der Waals surface area (Å²) in [7, 11) is 3.43. The van der Waals surface area contributed by atoms with Gasteiger partial charge in [-0.25, -0.2) is 8.42 Å². The second-order valence-electron chi connectivity index (χ2n) is 3.20. The normalized spacial score (nSPS) is 12.2.